The summed E-state index contributed by atoms with van der Waals surface area (Å²) in [6.45, 7) is 3.63. The molecule has 0 radical (unpaired) electrons. The molecular formula is C15H15NO6S. The molecule has 0 saturated carbocycles. The summed E-state index contributed by atoms with van der Waals surface area (Å²) >= 11 is 0. The predicted molar refractivity (Wildman–Crippen MR) is 83.3 cm³/mol. The van der Waals surface area contributed by atoms with Crippen LogP contribution in [0.5, 0.6) is 11.5 Å². The first-order valence-electron chi connectivity index (χ1n) is 6.76. The van der Waals surface area contributed by atoms with Crippen LogP contribution in [-0.2, 0) is 10.1 Å². The zero-order valence-corrected chi connectivity index (χ0v) is 13.4. The first-order valence-corrected chi connectivity index (χ1v) is 8.17. The first-order chi connectivity index (χ1) is 10.8. The van der Waals surface area contributed by atoms with Crippen molar-refractivity contribution in [2.24, 2.45) is 0 Å². The summed E-state index contributed by atoms with van der Waals surface area (Å²) in [6.07, 6.45) is 0. The normalized spacial score (nSPS) is 11.0. The van der Waals surface area contributed by atoms with E-state index in [1.54, 1.807) is 25.1 Å². The molecule has 2 aromatic rings. The Balaban J connectivity index is 2.40. The van der Waals surface area contributed by atoms with Crippen molar-refractivity contribution < 1.29 is 22.3 Å². The molecule has 0 aliphatic rings. The maximum atomic E-state index is 12.3. The van der Waals surface area contributed by atoms with Gasteiger partial charge in [-0.05, 0) is 32.0 Å². The highest BCUT2D eigenvalue weighted by Gasteiger charge is 2.23. The van der Waals surface area contributed by atoms with E-state index in [2.05, 4.69) is 0 Å². The molecular weight excluding hydrogens is 322 g/mol. The maximum Gasteiger partial charge on any atom is 0.339 e. The third-order valence-corrected chi connectivity index (χ3v) is 4.24. The lowest BCUT2D eigenvalue weighted by Gasteiger charge is -2.11. The van der Waals surface area contributed by atoms with Crippen LogP contribution in [0.3, 0.4) is 0 Å². The Morgan fingerprint density at radius 2 is 1.78 bits per heavy atom. The molecule has 2 aromatic carbocycles. The summed E-state index contributed by atoms with van der Waals surface area (Å²) in [6, 6.07) is 9.92. The maximum absolute atomic E-state index is 12.3. The van der Waals surface area contributed by atoms with Crippen LogP contribution in [0, 0.1) is 17.0 Å². The Kier molecular flexibility index (Phi) is 4.85. The van der Waals surface area contributed by atoms with Crippen LogP contribution >= 0.6 is 0 Å². The van der Waals surface area contributed by atoms with Crippen molar-refractivity contribution in [3.63, 3.8) is 0 Å². The number of nitrogens with zero attached hydrogens (tertiary/aromatic N) is 1. The molecule has 122 valence electrons. The van der Waals surface area contributed by atoms with Gasteiger partial charge < -0.3 is 8.92 Å². The lowest BCUT2D eigenvalue weighted by Crippen LogP contribution is -2.11. The average molecular weight is 337 g/mol. The number of rotatable bonds is 6. The summed E-state index contributed by atoms with van der Waals surface area (Å²) in [4.78, 5) is 10.0. The number of nitro benzene ring substituents is 1. The second-order valence-corrected chi connectivity index (χ2v) is 6.17. The monoisotopic (exact) mass is 337 g/mol. The number of benzene rings is 2. The van der Waals surface area contributed by atoms with Gasteiger partial charge in [-0.2, -0.15) is 8.42 Å². The van der Waals surface area contributed by atoms with E-state index in [-0.39, 0.29) is 22.1 Å². The van der Waals surface area contributed by atoms with Crippen LogP contribution in [0.25, 0.3) is 0 Å². The smallest absolute Gasteiger partial charge is 0.339 e. The SMILES string of the molecule is CCOc1ccccc1OS(=O)(=O)c1ccc(C)c([N+](=O)[O-])c1. The number of ether oxygens (including phenoxy) is 1. The van der Waals surface area contributed by atoms with Gasteiger partial charge in [-0.15, -0.1) is 0 Å². The minimum Gasteiger partial charge on any atom is -0.490 e. The standard InChI is InChI=1S/C15H15NO6S/c1-3-21-14-6-4-5-7-15(14)22-23(19,20)12-9-8-11(2)13(10-12)16(17)18/h4-10H,3H2,1-2H3. The molecule has 0 atom stereocenters. The number of para-hydroxylation sites is 2. The number of aryl methyl sites for hydroxylation is 1. The van der Waals surface area contributed by atoms with E-state index in [1.807, 2.05) is 0 Å². The van der Waals surface area contributed by atoms with Crippen LogP contribution in [-0.4, -0.2) is 19.9 Å². The zero-order valence-electron chi connectivity index (χ0n) is 12.6. The lowest BCUT2D eigenvalue weighted by molar-refractivity contribution is -0.385. The number of hydrogen-bond acceptors (Lipinski definition) is 6. The van der Waals surface area contributed by atoms with E-state index >= 15 is 0 Å². The molecule has 0 unspecified atom stereocenters. The Morgan fingerprint density at radius 3 is 2.39 bits per heavy atom. The second-order valence-electron chi connectivity index (χ2n) is 4.62. The predicted octanol–water partition coefficient (Wildman–Crippen LogP) is 3.07. The van der Waals surface area contributed by atoms with Gasteiger partial charge in [-0.1, -0.05) is 18.2 Å². The molecule has 0 spiro atoms. The van der Waals surface area contributed by atoms with Gasteiger partial charge in [-0.25, -0.2) is 0 Å². The van der Waals surface area contributed by atoms with Gasteiger partial charge in [-0.3, -0.25) is 10.1 Å². The van der Waals surface area contributed by atoms with E-state index in [4.69, 9.17) is 8.92 Å². The van der Waals surface area contributed by atoms with Gasteiger partial charge in [0, 0.05) is 11.6 Å². The molecule has 7 nitrogen and oxygen atoms in total. The highest BCUT2D eigenvalue weighted by atomic mass is 32.2. The van der Waals surface area contributed by atoms with Gasteiger partial charge in [0.15, 0.2) is 11.5 Å². The van der Waals surface area contributed by atoms with Crippen molar-refractivity contribution >= 4 is 15.8 Å². The Morgan fingerprint density at radius 1 is 1.13 bits per heavy atom. The highest BCUT2D eigenvalue weighted by Crippen LogP contribution is 2.30. The van der Waals surface area contributed by atoms with Crippen molar-refractivity contribution in [3.8, 4) is 11.5 Å². The fourth-order valence-corrected chi connectivity index (χ4v) is 2.86. The van der Waals surface area contributed by atoms with Crippen molar-refractivity contribution in [1.82, 2.24) is 0 Å². The molecule has 0 amide bonds. The summed E-state index contributed by atoms with van der Waals surface area (Å²) in [5, 5.41) is 10.9. The molecule has 2 rings (SSSR count). The third kappa shape index (κ3) is 3.78. The average Bonchev–Trinajstić information content (AvgIpc) is 2.49. The van der Waals surface area contributed by atoms with Gasteiger partial charge in [0.2, 0.25) is 0 Å². The Bertz CT molecular complexity index is 832. The van der Waals surface area contributed by atoms with Gasteiger partial charge in [0.05, 0.1) is 11.5 Å². The zero-order chi connectivity index (χ0) is 17.0. The summed E-state index contributed by atoms with van der Waals surface area (Å²) in [5.41, 5.74) is 0.0800. The fraction of sp³-hybridized carbons (Fsp3) is 0.200. The molecule has 0 aliphatic heterocycles. The molecule has 0 bridgehead atoms. The van der Waals surface area contributed by atoms with Crippen LogP contribution < -0.4 is 8.92 Å². The number of nitro groups is 1. The van der Waals surface area contributed by atoms with Crippen LogP contribution in [0.15, 0.2) is 47.4 Å². The molecule has 0 fully saturated rings. The summed E-state index contributed by atoms with van der Waals surface area (Å²) < 4.78 is 35.1. The largest absolute Gasteiger partial charge is 0.490 e. The van der Waals surface area contributed by atoms with Gasteiger partial charge in [0.25, 0.3) is 5.69 Å². The van der Waals surface area contributed by atoms with E-state index in [0.29, 0.717) is 12.2 Å². The van der Waals surface area contributed by atoms with Crippen LogP contribution in [0.2, 0.25) is 0 Å². The van der Waals surface area contributed by atoms with E-state index in [0.717, 1.165) is 6.07 Å². The van der Waals surface area contributed by atoms with E-state index < -0.39 is 15.0 Å². The fourth-order valence-electron chi connectivity index (χ4n) is 1.90. The highest BCUT2D eigenvalue weighted by molar-refractivity contribution is 7.87. The van der Waals surface area contributed by atoms with Gasteiger partial charge >= 0.3 is 10.1 Å². The van der Waals surface area contributed by atoms with Gasteiger partial charge in [0.1, 0.15) is 4.90 Å². The van der Waals surface area contributed by atoms with Crippen molar-refractivity contribution in [2.75, 3.05) is 6.61 Å². The molecule has 0 N–H and O–H groups in total. The molecule has 8 heteroatoms. The summed E-state index contributed by atoms with van der Waals surface area (Å²) in [5.74, 6) is 0.303. The Hall–Kier alpha value is -2.61. The van der Waals surface area contributed by atoms with Crippen molar-refractivity contribution in [3.05, 3.63) is 58.1 Å². The third-order valence-electron chi connectivity index (χ3n) is 3.01. The minimum atomic E-state index is -4.21. The van der Waals surface area contributed by atoms with Crippen molar-refractivity contribution in [2.45, 2.75) is 18.7 Å². The quantitative estimate of drug-likeness (QED) is 0.456. The Labute approximate surface area is 133 Å². The molecule has 0 saturated heterocycles. The van der Waals surface area contributed by atoms with Crippen LogP contribution in [0.4, 0.5) is 5.69 Å². The number of hydrogen-bond donors (Lipinski definition) is 0. The van der Waals surface area contributed by atoms with Crippen LogP contribution in [0.1, 0.15) is 12.5 Å². The molecule has 0 aliphatic carbocycles. The lowest BCUT2D eigenvalue weighted by atomic mass is 10.2. The molecule has 0 heterocycles. The molecule has 0 aromatic heterocycles. The summed E-state index contributed by atoms with van der Waals surface area (Å²) in [7, 11) is -4.21. The second kappa shape index (κ2) is 6.66. The topological polar surface area (TPSA) is 95.7 Å². The van der Waals surface area contributed by atoms with E-state index in [1.165, 1.54) is 25.1 Å². The first kappa shape index (κ1) is 16.8. The van der Waals surface area contributed by atoms with Crippen molar-refractivity contribution in [1.29, 1.82) is 0 Å². The van der Waals surface area contributed by atoms with E-state index in [9.17, 15) is 18.5 Å². The molecule has 23 heavy (non-hydrogen) atoms. The minimum absolute atomic E-state index is 0.0255.